The standard InChI is InChI=1S/C16H26N4O3S.ClH/c1-4-5-13-10-20(15-7-6-12(2)18-19-15)11-14(13)17-16(21)8-9-24(3,22)23;/h6-7,13-14H,4-5,8-11H2,1-3H3,(H,17,21);1H/t13-,14-;/m0./s1. The van der Waals surface area contributed by atoms with Gasteiger partial charge in [-0.1, -0.05) is 13.3 Å². The molecule has 2 heterocycles. The summed E-state index contributed by atoms with van der Waals surface area (Å²) in [7, 11) is -3.12. The summed E-state index contributed by atoms with van der Waals surface area (Å²) < 4.78 is 22.4. The zero-order valence-electron chi connectivity index (χ0n) is 14.9. The van der Waals surface area contributed by atoms with E-state index in [9.17, 15) is 13.2 Å². The van der Waals surface area contributed by atoms with Crippen LogP contribution in [0.25, 0.3) is 0 Å². The summed E-state index contributed by atoms with van der Waals surface area (Å²) in [5.74, 6) is 0.829. The topological polar surface area (TPSA) is 92.3 Å². The van der Waals surface area contributed by atoms with Crippen LogP contribution in [0, 0.1) is 12.8 Å². The quantitative estimate of drug-likeness (QED) is 0.755. The number of carbonyl (C=O) groups is 1. The van der Waals surface area contributed by atoms with Gasteiger partial charge in [0.1, 0.15) is 9.84 Å². The summed E-state index contributed by atoms with van der Waals surface area (Å²) in [4.78, 5) is 14.2. The number of hydrogen-bond donors (Lipinski definition) is 1. The molecule has 1 N–H and O–H groups in total. The van der Waals surface area contributed by atoms with Crippen LogP contribution in [0.2, 0.25) is 0 Å². The van der Waals surface area contributed by atoms with Crippen molar-refractivity contribution in [2.75, 3.05) is 30.0 Å². The van der Waals surface area contributed by atoms with Gasteiger partial charge in [0.25, 0.3) is 0 Å². The second-order valence-electron chi connectivity index (χ2n) is 6.54. The van der Waals surface area contributed by atoms with E-state index < -0.39 is 9.84 Å². The first kappa shape index (κ1) is 21.6. The van der Waals surface area contributed by atoms with Crippen LogP contribution in [0.1, 0.15) is 31.9 Å². The SMILES string of the molecule is CCC[C@H]1CN(c2ccc(C)nn2)C[C@@H]1NC(=O)CCS(C)(=O)=O.Cl. The summed E-state index contributed by atoms with van der Waals surface area (Å²) in [6.07, 6.45) is 3.20. The summed E-state index contributed by atoms with van der Waals surface area (Å²) in [5, 5.41) is 11.3. The number of carbonyl (C=O) groups excluding carboxylic acids is 1. The van der Waals surface area contributed by atoms with Gasteiger partial charge in [-0.3, -0.25) is 4.79 Å². The minimum Gasteiger partial charge on any atom is -0.353 e. The summed E-state index contributed by atoms with van der Waals surface area (Å²) in [5.41, 5.74) is 0.869. The minimum absolute atomic E-state index is 0. The molecule has 2 rings (SSSR count). The molecule has 0 saturated carbocycles. The second kappa shape index (κ2) is 9.33. The molecule has 1 aliphatic rings. The third-order valence-corrected chi connectivity index (χ3v) is 5.20. The highest BCUT2D eigenvalue weighted by Gasteiger charge is 2.33. The highest BCUT2D eigenvalue weighted by atomic mass is 35.5. The summed E-state index contributed by atoms with van der Waals surface area (Å²) in [6.45, 7) is 5.51. The van der Waals surface area contributed by atoms with Gasteiger partial charge in [-0.25, -0.2) is 8.42 Å². The lowest BCUT2D eigenvalue weighted by Crippen LogP contribution is -2.41. The van der Waals surface area contributed by atoms with Gasteiger partial charge in [0.15, 0.2) is 5.82 Å². The molecule has 0 unspecified atom stereocenters. The Hall–Kier alpha value is -1.41. The van der Waals surface area contributed by atoms with Crippen LogP contribution in [0.4, 0.5) is 5.82 Å². The highest BCUT2D eigenvalue weighted by molar-refractivity contribution is 7.90. The Morgan fingerprint density at radius 3 is 2.60 bits per heavy atom. The van der Waals surface area contributed by atoms with E-state index in [1.165, 1.54) is 0 Å². The van der Waals surface area contributed by atoms with Crippen LogP contribution in [0.5, 0.6) is 0 Å². The third-order valence-electron chi connectivity index (χ3n) is 4.25. The van der Waals surface area contributed by atoms with Crippen molar-refractivity contribution in [3.8, 4) is 0 Å². The first-order valence-corrected chi connectivity index (χ1v) is 10.4. The molecule has 1 aromatic rings. The van der Waals surface area contributed by atoms with E-state index in [0.717, 1.165) is 37.2 Å². The van der Waals surface area contributed by atoms with Gasteiger partial charge in [-0.2, -0.15) is 5.10 Å². The number of nitrogens with zero attached hydrogens (tertiary/aromatic N) is 3. The molecule has 1 fully saturated rings. The Balaban J connectivity index is 0.00000312. The molecule has 9 heteroatoms. The zero-order valence-corrected chi connectivity index (χ0v) is 16.6. The fourth-order valence-electron chi connectivity index (χ4n) is 3.00. The van der Waals surface area contributed by atoms with Crippen LogP contribution in [0.15, 0.2) is 12.1 Å². The van der Waals surface area contributed by atoms with Gasteiger partial charge in [0.2, 0.25) is 5.91 Å². The number of aryl methyl sites for hydroxylation is 1. The predicted octanol–water partition coefficient (Wildman–Crippen LogP) is 1.36. The number of rotatable bonds is 7. The molecule has 0 bridgehead atoms. The minimum atomic E-state index is -3.12. The van der Waals surface area contributed by atoms with E-state index in [1.807, 2.05) is 19.1 Å². The molecule has 0 aliphatic carbocycles. The first-order chi connectivity index (χ1) is 11.3. The molecule has 142 valence electrons. The molecular weight excluding hydrogens is 364 g/mol. The lowest BCUT2D eigenvalue weighted by molar-refractivity contribution is -0.121. The average molecular weight is 391 g/mol. The van der Waals surface area contributed by atoms with Crippen LogP contribution in [0.3, 0.4) is 0 Å². The Morgan fingerprint density at radius 1 is 1.32 bits per heavy atom. The maximum Gasteiger partial charge on any atom is 0.221 e. The monoisotopic (exact) mass is 390 g/mol. The Labute approximate surface area is 155 Å². The number of halogens is 1. The van der Waals surface area contributed by atoms with E-state index in [1.54, 1.807) is 0 Å². The fraction of sp³-hybridized carbons (Fsp3) is 0.688. The number of anilines is 1. The second-order valence-corrected chi connectivity index (χ2v) is 8.80. The largest absolute Gasteiger partial charge is 0.353 e. The molecule has 7 nitrogen and oxygen atoms in total. The van der Waals surface area contributed by atoms with Crippen molar-refractivity contribution in [2.24, 2.45) is 5.92 Å². The average Bonchev–Trinajstić information content (AvgIpc) is 2.88. The van der Waals surface area contributed by atoms with Crippen LogP contribution in [-0.2, 0) is 14.6 Å². The Bertz CT molecular complexity index is 666. The van der Waals surface area contributed by atoms with Crippen molar-refractivity contribution in [1.29, 1.82) is 0 Å². The van der Waals surface area contributed by atoms with E-state index in [0.29, 0.717) is 12.5 Å². The number of aromatic nitrogens is 2. The maximum absolute atomic E-state index is 12.1. The summed E-state index contributed by atoms with van der Waals surface area (Å²) >= 11 is 0. The summed E-state index contributed by atoms with van der Waals surface area (Å²) in [6, 6.07) is 3.88. The van der Waals surface area contributed by atoms with Gasteiger partial charge in [0, 0.05) is 25.8 Å². The fourth-order valence-corrected chi connectivity index (χ4v) is 3.56. The van der Waals surface area contributed by atoms with Crippen molar-refractivity contribution < 1.29 is 13.2 Å². The number of amides is 1. The zero-order chi connectivity index (χ0) is 17.7. The van der Waals surface area contributed by atoms with Crippen molar-refractivity contribution in [3.63, 3.8) is 0 Å². The molecule has 0 aromatic carbocycles. The van der Waals surface area contributed by atoms with E-state index >= 15 is 0 Å². The van der Waals surface area contributed by atoms with Crippen molar-refractivity contribution in [3.05, 3.63) is 17.8 Å². The van der Waals surface area contributed by atoms with E-state index in [-0.39, 0.29) is 36.5 Å². The maximum atomic E-state index is 12.1. The molecule has 2 atom stereocenters. The van der Waals surface area contributed by atoms with Crippen LogP contribution in [-0.4, -0.2) is 55.7 Å². The molecule has 1 aromatic heterocycles. The normalized spacial score (nSPS) is 20.2. The molecule has 1 amide bonds. The van der Waals surface area contributed by atoms with Crippen LogP contribution >= 0.6 is 12.4 Å². The predicted molar refractivity (Wildman–Crippen MR) is 101 cm³/mol. The van der Waals surface area contributed by atoms with Crippen molar-refractivity contribution in [2.45, 2.75) is 39.2 Å². The number of hydrogen-bond acceptors (Lipinski definition) is 6. The lowest BCUT2D eigenvalue weighted by atomic mass is 9.98. The number of sulfone groups is 1. The Kier molecular flexibility index (Phi) is 8.08. The molecule has 0 spiro atoms. The smallest absolute Gasteiger partial charge is 0.221 e. The van der Waals surface area contributed by atoms with E-state index in [2.05, 4.69) is 27.3 Å². The molecule has 0 radical (unpaired) electrons. The van der Waals surface area contributed by atoms with E-state index in [4.69, 9.17) is 0 Å². The van der Waals surface area contributed by atoms with Crippen molar-refractivity contribution in [1.82, 2.24) is 15.5 Å². The molecule has 1 aliphatic heterocycles. The van der Waals surface area contributed by atoms with Gasteiger partial charge in [-0.05, 0) is 31.4 Å². The van der Waals surface area contributed by atoms with Gasteiger partial charge in [0.05, 0.1) is 17.5 Å². The molecular formula is C16H27ClN4O3S. The lowest BCUT2D eigenvalue weighted by Gasteiger charge is -2.19. The number of nitrogens with one attached hydrogen (secondary N) is 1. The third kappa shape index (κ3) is 6.78. The highest BCUT2D eigenvalue weighted by Crippen LogP contribution is 2.25. The molecule has 1 saturated heterocycles. The molecule has 25 heavy (non-hydrogen) atoms. The van der Waals surface area contributed by atoms with Gasteiger partial charge >= 0.3 is 0 Å². The Morgan fingerprint density at radius 2 is 2.04 bits per heavy atom. The van der Waals surface area contributed by atoms with Gasteiger partial charge in [-0.15, -0.1) is 17.5 Å². The first-order valence-electron chi connectivity index (χ1n) is 8.31. The van der Waals surface area contributed by atoms with Gasteiger partial charge < -0.3 is 10.2 Å². The van der Waals surface area contributed by atoms with Crippen molar-refractivity contribution >= 4 is 34.0 Å². The van der Waals surface area contributed by atoms with Crippen LogP contribution < -0.4 is 10.2 Å².